The number of nitrogens with zero attached hydrogens (tertiary/aromatic N) is 2. The lowest BCUT2D eigenvalue weighted by Gasteiger charge is -2.03. The minimum absolute atomic E-state index is 0.0417. The standard InChI is InChI=1S/C12H14N2O2/c1-3-10-13-8(2)12-9(7-11(15)16)5-4-6-14(10)12/h4-6H,3,7H2,1-2H3,(H,15,16). The lowest BCUT2D eigenvalue weighted by molar-refractivity contribution is -0.136. The van der Waals surface area contributed by atoms with Gasteiger partial charge in [-0.3, -0.25) is 4.79 Å². The topological polar surface area (TPSA) is 54.6 Å². The van der Waals surface area contributed by atoms with Crippen LogP contribution in [0.5, 0.6) is 0 Å². The Morgan fingerprint density at radius 2 is 2.31 bits per heavy atom. The molecule has 0 saturated carbocycles. The molecule has 0 aromatic carbocycles. The van der Waals surface area contributed by atoms with Crippen LogP contribution in [0.1, 0.15) is 24.0 Å². The van der Waals surface area contributed by atoms with Crippen LogP contribution >= 0.6 is 0 Å². The summed E-state index contributed by atoms with van der Waals surface area (Å²) in [6, 6.07) is 3.71. The maximum absolute atomic E-state index is 10.8. The number of carbonyl (C=O) groups is 1. The van der Waals surface area contributed by atoms with Gasteiger partial charge in [-0.05, 0) is 18.6 Å². The number of hydrogen-bond acceptors (Lipinski definition) is 2. The molecule has 0 aliphatic rings. The number of hydrogen-bond donors (Lipinski definition) is 1. The molecule has 0 amide bonds. The van der Waals surface area contributed by atoms with E-state index in [1.165, 1.54) is 0 Å². The first kappa shape index (κ1) is 10.7. The molecule has 0 unspecified atom stereocenters. The Hall–Kier alpha value is -1.84. The molecule has 4 nitrogen and oxygen atoms in total. The van der Waals surface area contributed by atoms with Crippen LogP contribution in [0.3, 0.4) is 0 Å². The molecule has 0 atom stereocenters. The number of fused-ring (bicyclic) bond motifs is 1. The zero-order valence-electron chi connectivity index (χ0n) is 9.40. The minimum Gasteiger partial charge on any atom is -0.481 e. The molecule has 0 spiro atoms. The molecule has 0 saturated heterocycles. The van der Waals surface area contributed by atoms with E-state index in [-0.39, 0.29) is 6.42 Å². The van der Waals surface area contributed by atoms with Gasteiger partial charge in [-0.25, -0.2) is 4.98 Å². The summed E-state index contributed by atoms with van der Waals surface area (Å²) in [5.41, 5.74) is 2.65. The molecule has 4 heteroatoms. The number of aryl methyl sites for hydroxylation is 2. The molecule has 84 valence electrons. The van der Waals surface area contributed by atoms with Crippen molar-refractivity contribution in [3.8, 4) is 0 Å². The first-order valence-corrected chi connectivity index (χ1v) is 5.30. The second kappa shape index (κ2) is 3.96. The fourth-order valence-corrected chi connectivity index (χ4v) is 2.03. The van der Waals surface area contributed by atoms with Gasteiger partial charge in [0.25, 0.3) is 0 Å². The average molecular weight is 218 g/mol. The highest BCUT2D eigenvalue weighted by atomic mass is 16.4. The molecular formula is C12H14N2O2. The van der Waals surface area contributed by atoms with Gasteiger partial charge in [0, 0.05) is 12.6 Å². The van der Waals surface area contributed by atoms with E-state index in [9.17, 15) is 4.79 Å². The van der Waals surface area contributed by atoms with Crippen molar-refractivity contribution in [3.05, 3.63) is 35.4 Å². The summed E-state index contributed by atoms with van der Waals surface area (Å²) in [6.45, 7) is 3.96. The van der Waals surface area contributed by atoms with E-state index in [1.807, 2.05) is 36.6 Å². The summed E-state index contributed by atoms with van der Waals surface area (Å²) in [5, 5.41) is 8.85. The molecule has 2 aromatic heterocycles. The Bertz CT molecular complexity index is 543. The monoisotopic (exact) mass is 218 g/mol. The Morgan fingerprint density at radius 1 is 1.56 bits per heavy atom. The van der Waals surface area contributed by atoms with Crippen molar-refractivity contribution in [3.63, 3.8) is 0 Å². The third-order valence-corrected chi connectivity index (χ3v) is 2.65. The predicted octanol–water partition coefficient (Wildman–Crippen LogP) is 1.83. The van der Waals surface area contributed by atoms with Gasteiger partial charge in [0.15, 0.2) is 0 Å². The van der Waals surface area contributed by atoms with Crippen molar-refractivity contribution in [1.82, 2.24) is 9.38 Å². The fraction of sp³-hybridized carbons (Fsp3) is 0.333. The van der Waals surface area contributed by atoms with Crippen LogP contribution in [0.15, 0.2) is 18.3 Å². The zero-order valence-corrected chi connectivity index (χ0v) is 9.40. The molecular weight excluding hydrogens is 204 g/mol. The molecule has 1 N–H and O–H groups in total. The highest BCUT2D eigenvalue weighted by Gasteiger charge is 2.12. The second-order valence-electron chi connectivity index (χ2n) is 3.79. The highest BCUT2D eigenvalue weighted by molar-refractivity contribution is 5.75. The highest BCUT2D eigenvalue weighted by Crippen LogP contribution is 2.18. The summed E-state index contributed by atoms with van der Waals surface area (Å²) in [7, 11) is 0. The predicted molar refractivity (Wildman–Crippen MR) is 60.6 cm³/mol. The van der Waals surface area contributed by atoms with E-state index in [0.29, 0.717) is 0 Å². The SMILES string of the molecule is CCc1nc(C)c2c(CC(=O)O)cccn12. The van der Waals surface area contributed by atoms with E-state index in [1.54, 1.807) is 0 Å². The van der Waals surface area contributed by atoms with Crippen LogP contribution in [0.2, 0.25) is 0 Å². The summed E-state index contributed by atoms with van der Waals surface area (Å²) < 4.78 is 1.98. The maximum Gasteiger partial charge on any atom is 0.307 e. The van der Waals surface area contributed by atoms with Crippen molar-refractivity contribution in [2.75, 3.05) is 0 Å². The quantitative estimate of drug-likeness (QED) is 0.855. The van der Waals surface area contributed by atoms with Gasteiger partial charge in [-0.1, -0.05) is 13.0 Å². The van der Waals surface area contributed by atoms with Crippen LogP contribution in [-0.2, 0) is 17.6 Å². The molecule has 0 bridgehead atoms. The summed E-state index contributed by atoms with van der Waals surface area (Å²) >= 11 is 0. The Kier molecular flexibility index (Phi) is 2.64. The molecule has 2 heterocycles. The minimum atomic E-state index is -0.813. The smallest absolute Gasteiger partial charge is 0.307 e. The molecule has 2 rings (SSSR count). The number of carboxylic acid groups (broad SMARTS) is 1. The zero-order chi connectivity index (χ0) is 11.7. The number of aliphatic carboxylic acids is 1. The van der Waals surface area contributed by atoms with E-state index >= 15 is 0 Å². The molecule has 16 heavy (non-hydrogen) atoms. The van der Waals surface area contributed by atoms with Crippen LogP contribution < -0.4 is 0 Å². The Balaban J connectivity index is 2.67. The van der Waals surface area contributed by atoms with Crippen LogP contribution in [-0.4, -0.2) is 20.5 Å². The van der Waals surface area contributed by atoms with Crippen molar-refractivity contribution >= 4 is 11.5 Å². The maximum atomic E-state index is 10.8. The van der Waals surface area contributed by atoms with E-state index in [2.05, 4.69) is 4.98 Å². The normalized spacial score (nSPS) is 10.9. The molecule has 2 aromatic rings. The first-order valence-electron chi connectivity index (χ1n) is 5.30. The van der Waals surface area contributed by atoms with E-state index < -0.39 is 5.97 Å². The molecule has 0 fully saturated rings. The number of rotatable bonds is 3. The van der Waals surface area contributed by atoms with Gasteiger partial charge < -0.3 is 9.51 Å². The molecule has 0 aliphatic carbocycles. The summed E-state index contributed by atoms with van der Waals surface area (Å²) in [4.78, 5) is 15.2. The number of carboxylic acids is 1. The largest absolute Gasteiger partial charge is 0.481 e. The average Bonchev–Trinajstić information content (AvgIpc) is 2.56. The fourth-order valence-electron chi connectivity index (χ4n) is 2.03. The van der Waals surface area contributed by atoms with Gasteiger partial charge in [0.05, 0.1) is 17.6 Å². The molecule has 0 radical (unpaired) electrons. The van der Waals surface area contributed by atoms with E-state index in [4.69, 9.17) is 5.11 Å². The Morgan fingerprint density at radius 3 is 2.94 bits per heavy atom. The number of pyridine rings is 1. The van der Waals surface area contributed by atoms with E-state index in [0.717, 1.165) is 29.0 Å². The van der Waals surface area contributed by atoms with Gasteiger partial charge >= 0.3 is 5.97 Å². The van der Waals surface area contributed by atoms with Gasteiger partial charge in [0.2, 0.25) is 0 Å². The van der Waals surface area contributed by atoms with Crippen molar-refractivity contribution in [2.24, 2.45) is 0 Å². The van der Waals surface area contributed by atoms with Crippen LogP contribution in [0, 0.1) is 6.92 Å². The third-order valence-electron chi connectivity index (χ3n) is 2.65. The van der Waals surface area contributed by atoms with Gasteiger partial charge in [-0.2, -0.15) is 0 Å². The van der Waals surface area contributed by atoms with Crippen molar-refractivity contribution in [1.29, 1.82) is 0 Å². The molecule has 0 aliphatic heterocycles. The summed E-state index contributed by atoms with van der Waals surface area (Å²) in [6.07, 6.45) is 2.81. The van der Waals surface area contributed by atoms with Gasteiger partial charge in [-0.15, -0.1) is 0 Å². The lowest BCUT2D eigenvalue weighted by atomic mass is 10.1. The van der Waals surface area contributed by atoms with Crippen LogP contribution in [0.4, 0.5) is 0 Å². The third kappa shape index (κ3) is 1.66. The van der Waals surface area contributed by atoms with Crippen molar-refractivity contribution < 1.29 is 9.90 Å². The Labute approximate surface area is 93.5 Å². The second-order valence-corrected chi connectivity index (χ2v) is 3.79. The van der Waals surface area contributed by atoms with Crippen molar-refractivity contribution in [2.45, 2.75) is 26.7 Å². The number of aromatic nitrogens is 2. The first-order chi connectivity index (χ1) is 7.63. The van der Waals surface area contributed by atoms with Gasteiger partial charge in [0.1, 0.15) is 5.82 Å². The summed E-state index contributed by atoms with van der Waals surface area (Å²) in [5.74, 6) is 0.159. The number of imidazole rings is 1. The van der Waals surface area contributed by atoms with Crippen LogP contribution in [0.25, 0.3) is 5.52 Å². The lowest BCUT2D eigenvalue weighted by Crippen LogP contribution is -2.02.